The van der Waals surface area contributed by atoms with Crippen LogP contribution in [0.3, 0.4) is 0 Å². The maximum absolute atomic E-state index is 11.8. The van der Waals surface area contributed by atoms with Gasteiger partial charge in [0.05, 0.1) is 26.4 Å². The van der Waals surface area contributed by atoms with Gasteiger partial charge in [-0.05, 0) is 42.5 Å². The van der Waals surface area contributed by atoms with Crippen molar-refractivity contribution in [3.05, 3.63) is 46.3 Å². The molecule has 0 unspecified atom stereocenters. The molecule has 0 spiro atoms. The van der Waals surface area contributed by atoms with E-state index in [1.807, 2.05) is 24.3 Å². The predicted octanol–water partition coefficient (Wildman–Crippen LogP) is 5.17. The van der Waals surface area contributed by atoms with Gasteiger partial charge in [-0.2, -0.15) is 0 Å². The highest BCUT2D eigenvalue weighted by molar-refractivity contribution is 7.80. The number of nitrogens with one attached hydrogen (secondary N) is 2. The average molecular weight is 437 g/mol. The summed E-state index contributed by atoms with van der Waals surface area (Å²) >= 11 is 12.9. The number of hydrogen-bond acceptors (Lipinski definition) is 6. The normalized spacial score (nSPS) is 10.4. The standard InChI is InChI=1S/C19H17ClN2O4S2/c1-24-13-7-5-10(8-14(13)25-2)21-19(27)22-11-4-6-12-15(9-11)28-17(16(12)20)18(23)26-3/h4-9H,1-3H3,(H2,21,22,27). The molecule has 3 aromatic rings. The van der Waals surface area contributed by atoms with E-state index in [1.54, 1.807) is 26.4 Å². The molecule has 1 heterocycles. The molecule has 0 bridgehead atoms. The third-order valence-corrected chi connectivity index (χ3v) is 5.74. The van der Waals surface area contributed by atoms with E-state index in [0.29, 0.717) is 26.5 Å². The SMILES string of the molecule is COC(=O)c1sc2cc(NC(=S)Nc3ccc(OC)c(OC)c3)ccc2c1Cl. The van der Waals surface area contributed by atoms with E-state index < -0.39 is 5.97 Å². The van der Waals surface area contributed by atoms with Gasteiger partial charge in [0.25, 0.3) is 0 Å². The third-order valence-electron chi connectivity index (χ3n) is 3.90. The molecule has 0 fully saturated rings. The summed E-state index contributed by atoms with van der Waals surface area (Å²) in [5.74, 6) is 0.778. The number of carbonyl (C=O) groups is 1. The van der Waals surface area contributed by atoms with Crippen LogP contribution in [-0.2, 0) is 4.74 Å². The van der Waals surface area contributed by atoms with Gasteiger partial charge >= 0.3 is 5.97 Å². The highest BCUT2D eigenvalue weighted by atomic mass is 35.5. The Kier molecular flexibility index (Phi) is 6.23. The van der Waals surface area contributed by atoms with Crippen LogP contribution < -0.4 is 20.1 Å². The molecule has 0 radical (unpaired) electrons. The Bertz CT molecular complexity index is 1050. The first-order valence-electron chi connectivity index (χ1n) is 8.07. The van der Waals surface area contributed by atoms with Crippen molar-refractivity contribution < 1.29 is 19.0 Å². The molecule has 2 N–H and O–H groups in total. The second-order valence-corrected chi connectivity index (χ2v) is 7.43. The molecule has 0 aliphatic rings. The number of fused-ring (bicyclic) bond motifs is 1. The molecule has 6 nitrogen and oxygen atoms in total. The van der Waals surface area contributed by atoms with E-state index in [-0.39, 0.29) is 0 Å². The number of carbonyl (C=O) groups excluding carboxylic acids is 1. The van der Waals surface area contributed by atoms with Gasteiger partial charge in [0.15, 0.2) is 16.6 Å². The number of anilines is 2. The van der Waals surface area contributed by atoms with Gasteiger partial charge in [-0.1, -0.05) is 11.6 Å². The Morgan fingerprint density at radius 1 is 1.00 bits per heavy atom. The maximum atomic E-state index is 11.8. The lowest BCUT2D eigenvalue weighted by Crippen LogP contribution is -2.19. The van der Waals surface area contributed by atoms with Gasteiger partial charge in [-0.25, -0.2) is 4.79 Å². The first-order valence-corrected chi connectivity index (χ1v) is 9.67. The van der Waals surface area contributed by atoms with Crippen molar-refractivity contribution in [2.75, 3.05) is 32.0 Å². The summed E-state index contributed by atoms with van der Waals surface area (Å²) in [5.41, 5.74) is 1.52. The van der Waals surface area contributed by atoms with Gasteiger partial charge in [0.1, 0.15) is 4.88 Å². The monoisotopic (exact) mass is 436 g/mol. The number of ether oxygens (including phenoxy) is 3. The van der Waals surface area contributed by atoms with Crippen LogP contribution in [0.1, 0.15) is 9.67 Å². The summed E-state index contributed by atoms with van der Waals surface area (Å²) in [7, 11) is 4.48. The van der Waals surface area contributed by atoms with Crippen LogP contribution in [0.4, 0.5) is 11.4 Å². The highest BCUT2D eigenvalue weighted by Gasteiger charge is 2.17. The molecule has 2 aromatic carbocycles. The van der Waals surface area contributed by atoms with Gasteiger partial charge in [0, 0.05) is 27.5 Å². The van der Waals surface area contributed by atoms with Crippen molar-refractivity contribution >= 4 is 67.7 Å². The molecule has 0 aliphatic carbocycles. The molecule has 3 rings (SSSR count). The Balaban J connectivity index is 1.77. The molecule has 28 heavy (non-hydrogen) atoms. The van der Waals surface area contributed by atoms with E-state index in [1.165, 1.54) is 18.4 Å². The number of halogens is 1. The average Bonchev–Trinajstić information content (AvgIpc) is 3.03. The van der Waals surface area contributed by atoms with Crippen LogP contribution in [0.25, 0.3) is 10.1 Å². The topological polar surface area (TPSA) is 68.8 Å². The van der Waals surface area contributed by atoms with Crippen LogP contribution >= 0.6 is 35.2 Å². The van der Waals surface area contributed by atoms with E-state index >= 15 is 0 Å². The third kappa shape index (κ3) is 4.14. The second-order valence-electron chi connectivity index (χ2n) is 5.60. The second kappa shape index (κ2) is 8.64. The lowest BCUT2D eigenvalue weighted by Gasteiger charge is -2.13. The number of thiocarbonyl (C=S) groups is 1. The van der Waals surface area contributed by atoms with Crippen LogP contribution in [0, 0.1) is 0 Å². The molecule has 0 aliphatic heterocycles. The molecule has 1 aromatic heterocycles. The first kappa shape index (κ1) is 20.2. The number of thiophene rings is 1. The summed E-state index contributed by atoms with van der Waals surface area (Å²) in [4.78, 5) is 12.2. The number of hydrogen-bond donors (Lipinski definition) is 2. The van der Waals surface area contributed by atoms with Crippen molar-refractivity contribution in [2.24, 2.45) is 0 Å². The number of rotatable bonds is 5. The van der Waals surface area contributed by atoms with E-state index in [4.69, 9.17) is 38.0 Å². The Morgan fingerprint density at radius 3 is 2.29 bits per heavy atom. The summed E-state index contributed by atoms with van der Waals surface area (Å²) in [5, 5.41) is 7.80. The molecule has 146 valence electrons. The molecular weight excluding hydrogens is 420 g/mol. The van der Waals surface area contributed by atoms with Gasteiger partial charge in [0.2, 0.25) is 0 Å². The van der Waals surface area contributed by atoms with Gasteiger partial charge < -0.3 is 24.8 Å². The first-order chi connectivity index (χ1) is 13.5. The van der Waals surface area contributed by atoms with Crippen LogP contribution in [0.15, 0.2) is 36.4 Å². The summed E-state index contributed by atoms with van der Waals surface area (Å²) in [6, 6.07) is 11.0. The zero-order valence-corrected chi connectivity index (χ0v) is 17.7. The lowest BCUT2D eigenvalue weighted by atomic mass is 10.2. The van der Waals surface area contributed by atoms with Gasteiger partial charge in [-0.15, -0.1) is 11.3 Å². The number of methoxy groups -OCH3 is 3. The van der Waals surface area contributed by atoms with Gasteiger partial charge in [-0.3, -0.25) is 0 Å². The molecule has 9 heteroatoms. The van der Waals surface area contributed by atoms with Crippen molar-refractivity contribution in [3.63, 3.8) is 0 Å². The van der Waals surface area contributed by atoms with Crippen LogP contribution in [-0.4, -0.2) is 32.4 Å². The lowest BCUT2D eigenvalue weighted by molar-refractivity contribution is 0.0606. The predicted molar refractivity (Wildman–Crippen MR) is 118 cm³/mol. The molecular formula is C19H17ClN2O4S2. The fourth-order valence-electron chi connectivity index (χ4n) is 2.57. The van der Waals surface area contributed by atoms with Crippen molar-refractivity contribution in [1.29, 1.82) is 0 Å². The molecule has 0 saturated heterocycles. The minimum Gasteiger partial charge on any atom is -0.493 e. The molecule has 0 amide bonds. The summed E-state index contributed by atoms with van der Waals surface area (Å²) in [6.45, 7) is 0. The summed E-state index contributed by atoms with van der Waals surface area (Å²) in [6.07, 6.45) is 0. The largest absolute Gasteiger partial charge is 0.493 e. The fourth-order valence-corrected chi connectivity index (χ4v) is 4.28. The molecule has 0 atom stereocenters. The Hall–Kier alpha value is -2.55. The zero-order chi connectivity index (χ0) is 20.3. The van der Waals surface area contributed by atoms with E-state index in [0.717, 1.165) is 21.5 Å². The van der Waals surface area contributed by atoms with Crippen molar-refractivity contribution in [1.82, 2.24) is 0 Å². The minimum atomic E-state index is -0.452. The van der Waals surface area contributed by atoms with E-state index in [2.05, 4.69) is 10.6 Å². The highest BCUT2D eigenvalue weighted by Crippen LogP contribution is 2.37. The number of benzene rings is 2. The maximum Gasteiger partial charge on any atom is 0.349 e. The minimum absolute atomic E-state index is 0.377. The zero-order valence-electron chi connectivity index (χ0n) is 15.3. The smallest absolute Gasteiger partial charge is 0.349 e. The fraction of sp³-hybridized carbons (Fsp3) is 0.158. The van der Waals surface area contributed by atoms with Crippen LogP contribution in [0.5, 0.6) is 11.5 Å². The van der Waals surface area contributed by atoms with Crippen LogP contribution in [0.2, 0.25) is 5.02 Å². The molecule has 0 saturated carbocycles. The number of esters is 1. The Morgan fingerprint density at radius 2 is 1.64 bits per heavy atom. The quantitative estimate of drug-likeness (QED) is 0.422. The Labute approximate surface area is 176 Å². The van der Waals surface area contributed by atoms with Crippen molar-refractivity contribution in [2.45, 2.75) is 0 Å². The van der Waals surface area contributed by atoms with E-state index in [9.17, 15) is 4.79 Å². The van der Waals surface area contributed by atoms with Crippen molar-refractivity contribution in [3.8, 4) is 11.5 Å². The summed E-state index contributed by atoms with van der Waals surface area (Å²) < 4.78 is 16.1.